The highest BCUT2D eigenvalue weighted by Gasteiger charge is 2.23. The summed E-state index contributed by atoms with van der Waals surface area (Å²) in [5.74, 6) is -0.326. The van der Waals surface area contributed by atoms with Crippen LogP contribution >= 0.6 is 11.6 Å². The zero-order valence-corrected chi connectivity index (χ0v) is 20.2. The van der Waals surface area contributed by atoms with Gasteiger partial charge in [0, 0.05) is 12.1 Å². The Morgan fingerprint density at radius 2 is 1.77 bits per heavy atom. The van der Waals surface area contributed by atoms with Crippen molar-refractivity contribution < 1.29 is 26.2 Å². The van der Waals surface area contributed by atoms with Gasteiger partial charge in [-0.15, -0.1) is 0 Å². The normalized spacial score (nSPS) is 11.3. The molecular formula is C26H21ClFNO5S. The fraction of sp³-hybridized carbons (Fsp3) is 0.115. The lowest BCUT2D eigenvalue weighted by Crippen LogP contribution is -2.30. The Morgan fingerprint density at radius 3 is 2.49 bits per heavy atom. The van der Waals surface area contributed by atoms with Gasteiger partial charge in [-0.3, -0.25) is 4.79 Å². The number of hydrogen-bond donors (Lipinski definition) is 0. The van der Waals surface area contributed by atoms with E-state index in [0.29, 0.717) is 16.9 Å². The van der Waals surface area contributed by atoms with Gasteiger partial charge in [-0.2, -0.15) is 8.42 Å². The number of aryl methyl sites for hydroxylation is 1. The summed E-state index contributed by atoms with van der Waals surface area (Å²) in [4.78, 5) is 14.5. The van der Waals surface area contributed by atoms with Gasteiger partial charge in [0.15, 0.2) is 0 Å². The molecule has 0 bridgehead atoms. The first-order chi connectivity index (χ1) is 16.7. The predicted molar refractivity (Wildman–Crippen MR) is 129 cm³/mol. The SMILES string of the molecule is Cc1cccc(Cl)c1S(=O)(=O)Oc1cccc(CN(Cc2ccco2)C(=O)c2cccc(F)c2)c1. The fourth-order valence-corrected chi connectivity index (χ4v) is 5.33. The Hall–Kier alpha value is -3.62. The molecule has 0 unspecified atom stereocenters. The van der Waals surface area contributed by atoms with Crippen LogP contribution in [0.2, 0.25) is 5.02 Å². The molecule has 4 aromatic rings. The van der Waals surface area contributed by atoms with E-state index in [9.17, 15) is 17.6 Å². The first-order valence-electron chi connectivity index (χ1n) is 10.6. The van der Waals surface area contributed by atoms with Crippen molar-refractivity contribution in [3.63, 3.8) is 0 Å². The molecule has 0 radical (unpaired) electrons. The van der Waals surface area contributed by atoms with Crippen LogP contribution < -0.4 is 4.18 Å². The van der Waals surface area contributed by atoms with Gasteiger partial charge in [-0.25, -0.2) is 4.39 Å². The molecule has 0 saturated heterocycles. The molecule has 9 heteroatoms. The van der Waals surface area contributed by atoms with Crippen molar-refractivity contribution in [1.82, 2.24) is 4.90 Å². The highest BCUT2D eigenvalue weighted by molar-refractivity contribution is 7.87. The summed E-state index contributed by atoms with van der Waals surface area (Å²) in [6.07, 6.45) is 1.50. The van der Waals surface area contributed by atoms with Crippen LogP contribution in [0, 0.1) is 12.7 Å². The minimum atomic E-state index is -4.19. The van der Waals surface area contributed by atoms with Crippen LogP contribution in [-0.4, -0.2) is 19.2 Å². The minimum absolute atomic E-state index is 0.0615. The lowest BCUT2D eigenvalue weighted by atomic mass is 10.1. The molecule has 1 aromatic heterocycles. The molecule has 0 aliphatic carbocycles. The van der Waals surface area contributed by atoms with E-state index in [4.69, 9.17) is 20.2 Å². The van der Waals surface area contributed by atoms with Gasteiger partial charge in [0.05, 0.1) is 17.8 Å². The summed E-state index contributed by atoms with van der Waals surface area (Å²) in [6.45, 7) is 1.85. The first-order valence-corrected chi connectivity index (χ1v) is 12.4. The number of furan rings is 1. The van der Waals surface area contributed by atoms with Crippen LogP contribution in [0.1, 0.15) is 27.2 Å². The second kappa shape index (κ2) is 10.3. The Bertz CT molecular complexity index is 1430. The third kappa shape index (κ3) is 5.90. The molecule has 35 heavy (non-hydrogen) atoms. The van der Waals surface area contributed by atoms with E-state index in [1.807, 2.05) is 0 Å². The number of halogens is 2. The molecule has 1 heterocycles. The summed E-state index contributed by atoms with van der Waals surface area (Å²) < 4.78 is 50.3. The molecule has 0 aliphatic heterocycles. The van der Waals surface area contributed by atoms with E-state index in [1.165, 1.54) is 47.6 Å². The first kappa shape index (κ1) is 24.5. The summed E-state index contributed by atoms with van der Waals surface area (Å²) in [6, 6.07) is 20.0. The Morgan fingerprint density at radius 1 is 1.00 bits per heavy atom. The van der Waals surface area contributed by atoms with E-state index < -0.39 is 21.8 Å². The predicted octanol–water partition coefficient (Wildman–Crippen LogP) is 5.99. The van der Waals surface area contributed by atoms with Crippen molar-refractivity contribution in [3.8, 4) is 5.75 Å². The van der Waals surface area contributed by atoms with E-state index in [0.717, 1.165) is 6.07 Å². The molecule has 0 aliphatic rings. The number of carbonyl (C=O) groups is 1. The van der Waals surface area contributed by atoms with Crippen molar-refractivity contribution in [2.75, 3.05) is 0 Å². The molecule has 3 aromatic carbocycles. The third-order valence-corrected chi connectivity index (χ3v) is 7.06. The Labute approximate surface area is 207 Å². The fourth-order valence-electron chi connectivity index (χ4n) is 3.61. The van der Waals surface area contributed by atoms with Gasteiger partial charge in [0.2, 0.25) is 0 Å². The molecule has 0 atom stereocenters. The maximum absolute atomic E-state index is 13.7. The molecule has 1 amide bonds. The van der Waals surface area contributed by atoms with Crippen LogP contribution in [0.3, 0.4) is 0 Å². The number of hydrogen-bond acceptors (Lipinski definition) is 5. The maximum atomic E-state index is 13.7. The molecule has 0 spiro atoms. The summed E-state index contributed by atoms with van der Waals surface area (Å²) in [5.41, 5.74) is 1.24. The number of rotatable bonds is 8. The van der Waals surface area contributed by atoms with Crippen LogP contribution in [0.15, 0.2) is 94.4 Å². The molecule has 4 rings (SSSR count). The van der Waals surface area contributed by atoms with Gasteiger partial charge in [-0.05, 0) is 66.6 Å². The highest BCUT2D eigenvalue weighted by Crippen LogP contribution is 2.28. The molecule has 0 saturated carbocycles. The van der Waals surface area contributed by atoms with Gasteiger partial charge in [-0.1, -0.05) is 41.9 Å². The maximum Gasteiger partial charge on any atom is 0.340 e. The standard InChI is InChI=1S/C26H21ClFNO5S/c1-18-6-2-12-24(27)25(18)35(31,32)34-22-10-3-7-19(14-22)16-29(17-23-11-5-13-33-23)26(30)20-8-4-9-21(28)15-20/h2-15H,16-17H2,1H3. The van der Waals surface area contributed by atoms with E-state index >= 15 is 0 Å². The quantitative estimate of drug-likeness (QED) is 0.270. The largest absolute Gasteiger partial charge is 0.467 e. The summed E-state index contributed by atoms with van der Waals surface area (Å²) in [5, 5.41) is 0.0615. The lowest BCUT2D eigenvalue weighted by Gasteiger charge is -2.22. The summed E-state index contributed by atoms with van der Waals surface area (Å²) >= 11 is 6.11. The smallest absolute Gasteiger partial charge is 0.340 e. The van der Waals surface area contributed by atoms with Crippen molar-refractivity contribution in [1.29, 1.82) is 0 Å². The molecule has 180 valence electrons. The van der Waals surface area contributed by atoms with Crippen molar-refractivity contribution in [3.05, 3.63) is 118 Å². The van der Waals surface area contributed by atoms with Crippen molar-refractivity contribution in [2.45, 2.75) is 24.9 Å². The third-order valence-electron chi connectivity index (χ3n) is 5.18. The summed E-state index contributed by atoms with van der Waals surface area (Å²) in [7, 11) is -4.19. The van der Waals surface area contributed by atoms with Gasteiger partial charge in [0.25, 0.3) is 5.91 Å². The van der Waals surface area contributed by atoms with E-state index in [2.05, 4.69) is 0 Å². The van der Waals surface area contributed by atoms with Crippen molar-refractivity contribution in [2.24, 2.45) is 0 Å². The molecule has 6 nitrogen and oxygen atoms in total. The minimum Gasteiger partial charge on any atom is -0.467 e. The highest BCUT2D eigenvalue weighted by atomic mass is 35.5. The Kier molecular flexibility index (Phi) is 7.23. The average Bonchev–Trinajstić information content (AvgIpc) is 3.31. The number of carbonyl (C=O) groups excluding carboxylic acids is 1. The topological polar surface area (TPSA) is 76.8 Å². The average molecular weight is 514 g/mol. The van der Waals surface area contributed by atoms with Crippen LogP contribution in [0.4, 0.5) is 4.39 Å². The number of benzene rings is 3. The number of nitrogens with zero attached hydrogens (tertiary/aromatic N) is 1. The van der Waals surface area contributed by atoms with Gasteiger partial charge in [0.1, 0.15) is 22.2 Å². The van der Waals surface area contributed by atoms with E-state index in [1.54, 1.807) is 43.3 Å². The second-order valence-corrected chi connectivity index (χ2v) is 9.71. The molecule has 0 fully saturated rings. The second-order valence-electron chi connectivity index (χ2n) is 7.82. The zero-order valence-electron chi connectivity index (χ0n) is 18.6. The lowest BCUT2D eigenvalue weighted by molar-refractivity contribution is 0.0717. The van der Waals surface area contributed by atoms with Crippen LogP contribution in [0.25, 0.3) is 0 Å². The molecular weight excluding hydrogens is 493 g/mol. The van der Waals surface area contributed by atoms with Crippen LogP contribution in [-0.2, 0) is 23.2 Å². The van der Waals surface area contributed by atoms with Gasteiger partial charge < -0.3 is 13.5 Å². The Balaban J connectivity index is 1.60. The van der Waals surface area contributed by atoms with Crippen LogP contribution in [0.5, 0.6) is 5.75 Å². The van der Waals surface area contributed by atoms with Gasteiger partial charge >= 0.3 is 10.1 Å². The molecule has 0 N–H and O–H groups in total. The van der Waals surface area contributed by atoms with E-state index in [-0.39, 0.29) is 34.3 Å². The van der Waals surface area contributed by atoms with Crippen molar-refractivity contribution >= 4 is 27.6 Å². The number of amides is 1. The zero-order chi connectivity index (χ0) is 25.0. The monoisotopic (exact) mass is 513 g/mol.